The summed E-state index contributed by atoms with van der Waals surface area (Å²) in [5.41, 5.74) is 0. The number of aliphatic imine (C=N–C) groups is 1. The van der Waals surface area contributed by atoms with E-state index in [2.05, 4.69) is 15.6 Å². The van der Waals surface area contributed by atoms with E-state index in [4.69, 9.17) is 14.2 Å². The average Bonchev–Trinajstić information content (AvgIpc) is 2.69. The number of guanidine groups is 1. The Kier molecular flexibility index (Phi) is 8.33. The highest BCUT2D eigenvalue weighted by atomic mass is 19.1. The maximum atomic E-state index is 13.5. The van der Waals surface area contributed by atoms with E-state index in [1.54, 1.807) is 14.2 Å². The van der Waals surface area contributed by atoms with Gasteiger partial charge in [-0.05, 0) is 31.2 Å². The summed E-state index contributed by atoms with van der Waals surface area (Å²) in [5.74, 6) is 0.518. The Morgan fingerprint density at radius 3 is 2.50 bits per heavy atom. The highest BCUT2D eigenvalue weighted by molar-refractivity contribution is 5.79. The number of ether oxygens (including phenoxy) is 3. The van der Waals surface area contributed by atoms with Crippen LogP contribution in [0.25, 0.3) is 0 Å². The molecule has 152 valence electrons. The lowest BCUT2D eigenvalue weighted by Gasteiger charge is -2.19. The summed E-state index contributed by atoms with van der Waals surface area (Å²) in [6.45, 7) is 3.01. The molecule has 0 amide bonds. The van der Waals surface area contributed by atoms with E-state index in [9.17, 15) is 8.78 Å². The van der Waals surface area contributed by atoms with Crippen LogP contribution in [0.15, 0.2) is 47.5 Å². The summed E-state index contributed by atoms with van der Waals surface area (Å²) in [7, 11) is 3.23. The van der Waals surface area contributed by atoms with Crippen molar-refractivity contribution in [3.05, 3.63) is 54.1 Å². The summed E-state index contributed by atoms with van der Waals surface area (Å²) in [5, 5.41) is 6.19. The van der Waals surface area contributed by atoms with E-state index in [-0.39, 0.29) is 18.5 Å². The zero-order valence-electron chi connectivity index (χ0n) is 16.2. The molecule has 0 radical (unpaired) electrons. The van der Waals surface area contributed by atoms with E-state index in [1.807, 2.05) is 31.2 Å². The van der Waals surface area contributed by atoms with Gasteiger partial charge >= 0.3 is 0 Å². The van der Waals surface area contributed by atoms with Crippen LogP contribution in [-0.4, -0.2) is 45.9 Å². The fraction of sp³-hybridized carbons (Fsp3) is 0.350. The Balaban J connectivity index is 1.72. The Morgan fingerprint density at radius 1 is 1.07 bits per heavy atom. The van der Waals surface area contributed by atoms with Crippen molar-refractivity contribution >= 4 is 5.96 Å². The molecule has 1 atom stereocenters. The van der Waals surface area contributed by atoms with E-state index in [1.165, 1.54) is 6.07 Å². The first-order chi connectivity index (χ1) is 13.5. The van der Waals surface area contributed by atoms with E-state index < -0.39 is 11.6 Å². The summed E-state index contributed by atoms with van der Waals surface area (Å²) in [6, 6.07) is 10.6. The van der Waals surface area contributed by atoms with Crippen molar-refractivity contribution < 1.29 is 23.0 Å². The normalized spacial score (nSPS) is 12.2. The first kappa shape index (κ1) is 21.3. The minimum atomic E-state index is -0.732. The van der Waals surface area contributed by atoms with Gasteiger partial charge in [-0.15, -0.1) is 0 Å². The molecule has 2 rings (SSSR count). The molecule has 2 N–H and O–H groups in total. The minimum Gasteiger partial charge on any atom is -0.493 e. The number of rotatable bonds is 9. The summed E-state index contributed by atoms with van der Waals surface area (Å²) < 4.78 is 42.8. The van der Waals surface area contributed by atoms with Crippen molar-refractivity contribution in [1.82, 2.24) is 10.6 Å². The molecule has 0 spiro atoms. The van der Waals surface area contributed by atoms with Gasteiger partial charge in [-0.25, -0.2) is 8.78 Å². The minimum absolute atomic E-state index is 0.00461. The van der Waals surface area contributed by atoms with E-state index in [0.29, 0.717) is 30.5 Å². The molecule has 0 fully saturated rings. The molecule has 0 bridgehead atoms. The zero-order valence-corrected chi connectivity index (χ0v) is 16.2. The van der Waals surface area contributed by atoms with Gasteiger partial charge in [0.15, 0.2) is 29.0 Å². The maximum absolute atomic E-state index is 13.5. The topological polar surface area (TPSA) is 64.1 Å². The number of halogens is 2. The number of benzene rings is 2. The van der Waals surface area contributed by atoms with Gasteiger partial charge in [0.1, 0.15) is 18.5 Å². The third-order valence-electron chi connectivity index (χ3n) is 3.72. The Labute approximate surface area is 163 Å². The quantitative estimate of drug-likeness (QED) is 0.390. The molecule has 1 unspecified atom stereocenters. The first-order valence-electron chi connectivity index (χ1n) is 8.85. The molecule has 0 saturated heterocycles. The van der Waals surface area contributed by atoms with Crippen molar-refractivity contribution in [2.24, 2.45) is 4.99 Å². The second kappa shape index (κ2) is 11.0. The number of hydrogen-bond donors (Lipinski definition) is 2. The van der Waals surface area contributed by atoms with Gasteiger partial charge in [-0.3, -0.25) is 4.99 Å². The molecule has 28 heavy (non-hydrogen) atoms. The van der Waals surface area contributed by atoms with Gasteiger partial charge in [-0.2, -0.15) is 0 Å². The van der Waals surface area contributed by atoms with Crippen LogP contribution in [0.3, 0.4) is 0 Å². The predicted octanol–water partition coefficient (Wildman–Crippen LogP) is 2.98. The number of para-hydroxylation sites is 2. The summed E-state index contributed by atoms with van der Waals surface area (Å²) >= 11 is 0. The van der Waals surface area contributed by atoms with Crippen LogP contribution in [0.2, 0.25) is 0 Å². The van der Waals surface area contributed by atoms with Gasteiger partial charge < -0.3 is 24.8 Å². The highest BCUT2D eigenvalue weighted by Crippen LogP contribution is 2.26. The van der Waals surface area contributed by atoms with Crippen LogP contribution in [0, 0.1) is 11.6 Å². The monoisotopic (exact) mass is 393 g/mol. The van der Waals surface area contributed by atoms with Crippen molar-refractivity contribution in [3.8, 4) is 17.2 Å². The Bertz CT molecular complexity index is 787. The molecule has 2 aromatic carbocycles. The molecular weight excluding hydrogens is 368 g/mol. The molecule has 0 aliphatic rings. The lowest BCUT2D eigenvalue weighted by atomic mass is 10.3. The molecule has 6 nitrogen and oxygen atoms in total. The van der Waals surface area contributed by atoms with Crippen LogP contribution in [0.5, 0.6) is 17.2 Å². The molecule has 0 saturated carbocycles. The van der Waals surface area contributed by atoms with Gasteiger partial charge in [0.2, 0.25) is 0 Å². The maximum Gasteiger partial charge on any atom is 0.191 e. The van der Waals surface area contributed by atoms with Crippen molar-refractivity contribution in [2.75, 3.05) is 33.9 Å². The average molecular weight is 393 g/mol. The number of methoxy groups -OCH3 is 1. The van der Waals surface area contributed by atoms with E-state index >= 15 is 0 Å². The third kappa shape index (κ3) is 6.61. The standard InChI is InChI=1S/C20H25F2N3O3/c1-14(28-19-7-5-4-6-18(19)26-3)13-25-20(23-2)24-10-11-27-17-9-8-15(21)12-16(17)22/h4-9,12,14H,10-11,13H2,1-3H3,(H2,23,24,25). The van der Waals surface area contributed by atoms with Gasteiger partial charge in [0, 0.05) is 13.1 Å². The third-order valence-corrected chi connectivity index (χ3v) is 3.72. The van der Waals surface area contributed by atoms with Crippen LogP contribution in [-0.2, 0) is 0 Å². The largest absolute Gasteiger partial charge is 0.493 e. The fourth-order valence-electron chi connectivity index (χ4n) is 2.36. The smallest absolute Gasteiger partial charge is 0.191 e. The molecule has 8 heteroatoms. The van der Waals surface area contributed by atoms with Crippen LogP contribution < -0.4 is 24.8 Å². The SMILES string of the molecule is CN=C(NCCOc1ccc(F)cc1F)NCC(C)Oc1ccccc1OC. The predicted molar refractivity (Wildman–Crippen MR) is 104 cm³/mol. The molecular formula is C20H25F2N3O3. The van der Waals surface area contributed by atoms with Crippen LogP contribution in [0.1, 0.15) is 6.92 Å². The van der Waals surface area contributed by atoms with Crippen molar-refractivity contribution in [3.63, 3.8) is 0 Å². The second-order valence-corrected chi connectivity index (χ2v) is 5.88. The van der Waals surface area contributed by atoms with Crippen molar-refractivity contribution in [2.45, 2.75) is 13.0 Å². The Hall–Kier alpha value is -3.03. The van der Waals surface area contributed by atoms with Gasteiger partial charge in [0.05, 0.1) is 20.2 Å². The van der Waals surface area contributed by atoms with Crippen LogP contribution in [0.4, 0.5) is 8.78 Å². The summed E-state index contributed by atoms with van der Waals surface area (Å²) in [4.78, 5) is 4.11. The van der Waals surface area contributed by atoms with Crippen LogP contribution >= 0.6 is 0 Å². The van der Waals surface area contributed by atoms with Gasteiger partial charge in [-0.1, -0.05) is 12.1 Å². The van der Waals surface area contributed by atoms with Gasteiger partial charge in [0.25, 0.3) is 0 Å². The molecule has 0 aliphatic heterocycles. The lowest BCUT2D eigenvalue weighted by Crippen LogP contribution is -2.43. The lowest BCUT2D eigenvalue weighted by molar-refractivity contribution is 0.213. The number of hydrogen-bond acceptors (Lipinski definition) is 4. The number of nitrogens with zero attached hydrogens (tertiary/aromatic N) is 1. The first-order valence-corrected chi connectivity index (χ1v) is 8.85. The fourth-order valence-corrected chi connectivity index (χ4v) is 2.36. The molecule has 0 aromatic heterocycles. The molecule has 0 aliphatic carbocycles. The van der Waals surface area contributed by atoms with E-state index in [0.717, 1.165) is 12.1 Å². The summed E-state index contributed by atoms with van der Waals surface area (Å²) in [6.07, 6.45) is -0.139. The highest BCUT2D eigenvalue weighted by Gasteiger charge is 2.09. The Morgan fingerprint density at radius 2 is 1.82 bits per heavy atom. The second-order valence-electron chi connectivity index (χ2n) is 5.88. The molecule has 2 aromatic rings. The zero-order chi connectivity index (χ0) is 20.4. The molecule has 0 heterocycles. The van der Waals surface area contributed by atoms with Crippen molar-refractivity contribution in [1.29, 1.82) is 0 Å². The number of nitrogens with one attached hydrogen (secondary N) is 2.